The smallest absolute Gasteiger partial charge is 0.466 e. The van der Waals surface area contributed by atoms with Gasteiger partial charge in [-0.3, -0.25) is 4.79 Å². The third kappa shape index (κ3) is 4.15. The minimum absolute atomic E-state index is 0.00974. The SMILES string of the molecule is CCOC(=O)Cc1c(C)c(F)c2cc(C)ccc2c1OS(=O)(=O)C(F)(F)F. The van der Waals surface area contributed by atoms with Crippen molar-refractivity contribution in [2.24, 2.45) is 0 Å². The van der Waals surface area contributed by atoms with Gasteiger partial charge in [-0.1, -0.05) is 17.7 Å². The first-order chi connectivity index (χ1) is 12.4. The van der Waals surface area contributed by atoms with Gasteiger partial charge in [-0.15, -0.1) is 0 Å². The van der Waals surface area contributed by atoms with Crippen molar-refractivity contribution in [3.8, 4) is 5.75 Å². The lowest BCUT2D eigenvalue weighted by Gasteiger charge is -2.18. The van der Waals surface area contributed by atoms with E-state index in [4.69, 9.17) is 4.74 Å². The Morgan fingerprint density at radius 3 is 2.33 bits per heavy atom. The first-order valence-corrected chi connectivity index (χ1v) is 9.17. The third-order valence-electron chi connectivity index (χ3n) is 3.82. The highest BCUT2D eigenvalue weighted by Gasteiger charge is 2.49. The maximum atomic E-state index is 14.7. The van der Waals surface area contributed by atoms with Crippen LogP contribution in [0.4, 0.5) is 17.6 Å². The number of aryl methyl sites for hydroxylation is 1. The molecule has 0 unspecified atom stereocenters. The molecular formula is C17H16F4O5S. The van der Waals surface area contributed by atoms with Crippen LogP contribution in [0.5, 0.6) is 5.75 Å². The Morgan fingerprint density at radius 2 is 1.78 bits per heavy atom. The highest BCUT2D eigenvalue weighted by Crippen LogP contribution is 2.39. The van der Waals surface area contributed by atoms with E-state index < -0.39 is 39.6 Å². The summed E-state index contributed by atoms with van der Waals surface area (Å²) in [6.45, 7) is 4.36. The fraction of sp³-hybridized carbons (Fsp3) is 0.353. The Bertz CT molecular complexity index is 997. The summed E-state index contributed by atoms with van der Waals surface area (Å²) in [5, 5.41) is -0.316. The minimum Gasteiger partial charge on any atom is -0.466 e. The van der Waals surface area contributed by atoms with Gasteiger partial charge >= 0.3 is 21.6 Å². The monoisotopic (exact) mass is 408 g/mol. The van der Waals surface area contributed by atoms with Crippen LogP contribution >= 0.6 is 0 Å². The summed E-state index contributed by atoms with van der Waals surface area (Å²) in [4.78, 5) is 11.8. The molecule has 0 fully saturated rings. The van der Waals surface area contributed by atoms with Gasteiger partial charge in [0.25, 0.3) is 0 Å². The molecule has 0 aromatic heterocycles. The van der Waals surface area contributed by atoms with Crippen LogP contribution in [0.15, 0.2) is 18.2 Å². The zero-order valence-electron chi connectivity index (χ0n) is 14.6. The molecule has 0 spiro atoms. The Hall–Kier alpha value is -2.36. The maximum absolute atomic E-state index is 14.7. The number of halogens is 4. The molecule has 0 amide bonds. The van der Waals surface area contributed by atoms with Gasteiger partial charge in [0.05, 0.1) is 13.0 Å². The van der Waals surface area contributed by atoms with Gasteiger partial charge in [-0.05, 0) is 32.4 Å². The lowest BCUT2D eigenvalue weighted by Crippen LogP contribution is -2.29. The average Bonchev–Trinajstić information content (AvgIpc) is 2.55. The summed E-state index contributed by atoms with van der Waals surface area (Å²) in [5.74, 6) is -2.39. The van der Waals surface area contributed by atoms with Gasteiger partial charge in [0, 0.05) is 16.3 Å². The number of hydrogen-bond donors (Lipinski definition) is 0. The number of carbonyl (C=O) groups is 1. The molecule has 0 aliphatic heterocycles. The molecule has 0 saturated heterocycles. The average molecular weight is 408 g/mol. The quantitative estimate of drug-likeness (QED) is 0.325. The van der Waals surface area contributed by atoms with E-state index in [9.17, 15) is 30.8 Å². The highest BCUT2D eigenvalue weighted by molar-refractivity contribution is 7.88. The summed E-state index contributed by atoms with van der Waals surface area (Å²) >= 11 is 0. The molecule has 0 heterocycles. The number of rotatable bonds is 5. The lowest BCUT2D eigenvalue weighted by molar-refractivity contribution is -0.142. The number of ether oxygens (including phenoxy) is 1. The molecule has 2 aromatic rings. The van der Waals surface area contributed by atoms with Crippen molar-refractivity contribution < 1.29 is 39.7 Å². The summed E-state index contributed by atoms with van der Waals surface area (Å²) in [5.41, 5.74) is -5.61. The van der Waals surface area contributed by atoms with Crippen molar-refractivity contribution in [1.82, 2.24) is 0 Å². The molecule has 0 N–H and O–H groups in total. The Morgan fingerprint density at radius 1 is 1.15 bits per heavy atom. The second-order valence-corrected chi connectivity index (χ2v) is 7.30. The van der Waals surface area contributed by atoms with Gasteiger partial charge in [0.1, 0.15) is 5.82 Å². The van der Waals surface area contributed by atoms with Crippen LogP contribution in [0.1, 0.15) is 23.6 Å². The summed E-state index contributed by atoms with van der Waals surface area (Å²) < 4.78 is 85.3. The molecular weight excluding hydrogens is 392 g/mol. The number of benzene rings is 2. The number of esters is 1. The molecule has 0 radical (unpaired) electrons. The lowest BCUT2D eigenvalue weighted by atomic mass is 9.96. The molecule has 2 rings (SSSR count). The standard InChI is InChI=1S/C17H16F4O5S/c1-4-25-14(22)8-12-10(3)15(18)13-7-9(2)5-6-11(13)16(12)26-27(23,24)17(19,20)21/h5-7H,4,8H2,1-3H3. The maximum Gasteiger partial charge on any atom is 0.534 e. The van der Waals surface area contributed by atoms with Gasteiger partial charge in [0.2, 0.25) is 0 Å². The zero-order valence-corrected chi connectivity index (χ0v) is 15.4. The van der Waals surface area contributed by atoms with E-state index in [0.717, 1.165) is 0 Å². The van der Waals surface area contributed by atoms with Crippen molar-refractivity contribution in [3.05, 3.63) is 40.7 Å². The normalized spacial score (nSPS) is 12.3. The van der Waals surface area contributed by atoms with Gasteiger partial charge < -0.3 is 8.92 Å². The minimum atomic E-state index is -6.03. The van der Waals surface area contributed by atoms with E-state index in [1.54, 1.807) is 6.92 Å². The Kier molecular flexibility index (Phi) is 5.69. The van der Waals surface area contributed by atoms with E-state index in [1.807, 2.05) is 0 Å². The molecule has 27 heavy (non-hydrogen) atoms. The van der Waals surface area contributed by atoms with Crippen molar-refractivity contribution in [2.75, 3.05) is 6.61 Å². The van der Waals surface area contributed by atoms with Crippen LogP contribution in [0.25, 0.3) is 10.8 Å². The van der Waals surface area contributed by atoms with Crippen LogP contribution in [-0.2, 0) is 26.1 Å². The number of carbonyl (C=O) groups excluding carboxylic acids is 1. The molecule has 0 bridgehead atoms. The van der Waals surface area contributed by atoms with E-state index in [1.165, 1.54) is 32.0 Å². The second-order valence-electron chi connectivity index (χ2n) is 5.76. The van der Waals surface area contributed by atoms with Crippen LogP contribution < -0.4 is 4.18 Å². The van der Waals surface area contributed by atoms with Crippen LogP contribution in [0.3, 0.4) is 0 Å². The van der Waals surface area contributed by atoms with Gasteiger partial charge in [-0.2, -0.15) is 21.6 Å². The fourth-order valence-corrected chi connectivity index (χ4v) is 3.03. The molecule has 148 valence electrons. The first kappa shape index (κ1) is 20.9. The van der Waals surface area contributed by atoms with Crippen molar-refractivity contribution in [2.45, 2.75) is 32.7 Å². The van der Waals surface area contributed by atoms with Gasteiger partial charge in [-0.25, -0.2) is 4.39 Å². The summed E-state index contributed by atoms with van der Waals surface area (Å²) in [6, 6.07) is 4.04. The van der Waals surface area contributed by atoms with Crippen LogP contribution in [0.2, 0.25) is 0 Å². The Labute approximate surface area is 153 Å². The largest absolute Gasteiger partial charge is 0.534 e. The van der Waals surface area contributed by atoms with Crippen molar-refractivity contribution >= 4 is 26.9 Å². The topological polar surface area (TPSA) is 69.7 Å². The fourth-order valence-electron chi connectivity index (χ4n) is 2.53. The van der Waals surface area contributed by atoms with Crippen LogP contribution in [-0.4, -0.2) is 26.5 Å². The van der Waals surface area contributed by atoms with E-state index in [2.05, 4.69) is 4.18 Å². The van der Waals surface area contributed by atoms with Crippen molar-refractivity contribution in [1.29, 1.82) is 0 Å². The zero-order chi connectivity index (χ0) is 20.6. The third-order valence-corrected chi connectivity index (χ3v) is 4.77. The van der Waals surface area contributed by atoms with E-state index >= 15 is 0 Å². The number of alkyl halides is 3. The molecule has 0 aliphatic rings. The molecule has 5 nitrogen and oxygen atoms in total. The summed E-state index contributed by atoms with van der Waals surface area (Å²) in [6.07, 6.45) is -0.650. The highest BCUT2D eigenvalue weighted by atomic mass is 32.2. The summed E-state index contributed by atoms with van der Waals surface area (Å²) in [7, 11) is -6.03. The molecule has 0 atom stereocenters. The molecule has 0 aliphatic carbocycles. The van der Waals surface area contributed by atoms with Crippen molar-refractivity contribution in [3.63, 3.8) is 0 Å². The predicted molar refractivity (Wildman–Crippen MR) is 89.3 cm³/mol. The number of fused-ring (bicyclic) bond motifs is 1. The van der Waals surface area contributed by atoms with Crippen LogP contribution in [0, 0.1) is 19.7 Å². The predicted octanol–water partition coefficient (Wildman–Crippen LogP) is 3.93. The van der Waals surface area contributed by atoms with E-state index in [0.29, 0.717) is 5.56 Å². The number of hydrogen-bond acceptors (Lipinski definition) is 5. The first-order valence-electron chi connectivity index (χ1n) is 7.76. The Balaban J connectivity index is 2.80. The van der Waals surface area contributed by atoms with E-state index in [-0.39, 0.29) is 28.5 Å². The molecule has 2 aromatic carbocycles. The van der Waals surface area contributed by atoms with Gasteiger partial charge in [0.15, 0.2) is 5.75 Å². The second kappa shape index (κ2) is 7.34. The molecule has 10 heteroatoms. The molecule has 0 saturated carbocycles.